The smallest absolute Gasteiger partial charge is 0.255 e. The van der Waals surface area contributed by atoms with Gasteiger partial charge in [0, 0.05) is 6.26 Å². The number of methoxy groups -OCH3 is 1. The number of hydrogen-bond donors (Lipinski definition) is 1. The highest BCUT2D eigenvalue weighted by Crippen LogP contribution is 2.44. The van der Waals surface area contributed by atoms with Crippen LogP contribution in [0.25, 0.3) is 0 Å². The van der Waals surface area contributed by atoms with Gasteiger partial charge in [0.15, 0.2) is 9.84 Å². The van der Waals surface area contributed by atoms with Gasteiger partial charge in [-0.1, -0.05) is 38.1 Å². The van der Waals surface area contributed by atoms with Crippen molar-refractivity contribution < 1.29 is 17.9 Å². The fourth-order valence-electron chi connectivity index (χ4n) is 3.61. The fourth-order valence-corrected chi connectivity index (χ4v) is 4.25. The maximum absolute atomic E-state index is 12.9. The Morgan fingerprint density at radius 1 is 1.19 bits per heavy atom. The third kappa shape index (κ3) is 3.33. The summed E-state index contributed by atoms with van der Waals surface area (Å²) in [4.78, 5) is 13.0. The molecule has 5 nitrogen and oxygen atoms in total. The predicted molar refractivity (Wildman–Crippen MR) is 100 cm³/mol. The Labute approximate surface area is 154 Å². The van der Waals surface area contributed by atoms with Gasteiger partial charge >= 0.3 is 0 Å². The summed E-state index contributed by atoms with van der Waals surface area (Å²) in [6.07, 6.45) is 1.90. The van der Waals surface area contributed by atoms with Crippen molar-refractivity contribution >= 4 is 15.7 Å². The lowest BCUT2D eigenvalue weighted by molar-refractivity contribution is 0.0931. The molecule has 0 saturated heterocycles. The highest BCUT2D eigenvalue weighted by molar-refractivity contribution is 7.90. The Hall–Kier alpha value is -2.34. The highest BCUT2D eigenvalue weighted by atomic mass is 32.2. The van der Waals surface area contributed by atoms with E-state index in [0.717, 1.165) is 18.2 Å². The maximum Gasteiger partial charge on any atom is 0.255 e. The molecule has 3 rings (SSSR count). The van der Waals surface area contributed by atoms with Crippen LogP contribution in [-0.4, -0.2) is 27.7 Å². The summed E-state index contributed by atoms with van der Waals surface area (Å²) in [5.41, 5.74) is 2.51. The summed E-state index contributed by atoms with van der Waals surface area (Å²) in [5, 5.41) is 3.05. The van der Waals surface area contributed by atoms with Crippen molar-refractivity contribution in [2.45, 2.75) is 36.6 Å². The van der Waals surface area contributed by atoms with E-state index in [1.807, 2.05) is 18.2 Å². The molecule has 138 valence electrons. The number of sulfone groups is 1. The van der Waals surface area contributed by atoms with E-state index >= 15 is 0 Å². The molecular formula is C20H23NO4S. The van der Waals surface area contributed by atoms with Crippen molar-refractivity contribution in [3.05, 3.63) is 59.2 Å². The van der Waals surface area contributed by atoms with E-state index in [4.69, 9.17) is 4.74 Å². The largest absolute Gasteiger partial charge is 0.496 e. The second-order valence-corrected chi connectivity index (χ2v) is 9.35. The first kappa shape index (κ1) is 18.5. The topological polar surface area (TPSA) is 72.5 Å². The molecule has 0 radical (unpaired) electrons. The quantitative estimate of drug-likeness (QED) is 0.893. The van der Waals surface area contributed by atoms with Gasteiger partial charge in [0.2, 0.25) is 0 Å². The molecule has 0 bridgehead atoms. The molecule has 6 heteroatoms. The zero-order chi connectivity index (χ0) is 19.1. The van der Waals surface area contributed by atoms with Crippen LogP contribution in [0, 0.1) is 0 Å². The molecule has 0 aromatic heterocycles. The first-order chi connectivity index (χ1) is 12.1. The van der Waals surface area contributed by atoms with E-state index in [2.05, 4.69) is 25.2 Å². The zero-order valence-electron chi connectivity index (χ0n) is 15.4. The third-order valence-electron chi connectivity index (χ3n) is 4.93. The van der Waals surface area contributed by atoms with Gasteiger partial charge in [-0.15, -0.1) is 0 Å². The van der Waals surface area contributed by atoms with Crippen LogP contribution in [0.15, 0.2) is 47.4 Å². The minimum absolute atomic E-state index is 0.0345. The normalized spacial score (nSPS) is 18.2. The van der Waals surface area contributed by atoms with Crippen LogP contribution < -0.4 is 10.1 Å². The van der Waals surface area contributed by atoms with Crippen LogP contribution in [0.2, 0.25) is 0 Å². The van der Waals surface area contributed by atoms with Crippen LogP contribution in [0.5, 0.6) is 5.75 Å². The minimum Gasteiger partial charge on any atom is -0.496 e. The molecule has 1 N–H and O–H groups in total. The van der Waals surface area contributed by atoms with Crippen LogP contribution in [-0.2, 0) is 15.3 Å². The van der Waals surface area contributed by atoms with Crippen LogP contribution in [0.4, 0.5) is 0 Å². The molecule has 0 spiro atoms. The molecule has 1 atom stereocenters. The lowest BCUT2D eigenvalue weighted by Gasteiger charge is -2.20. The van der Waals surface area contributed by atoms with Crippen molar-refractivity contribution in [3.8, 4) is 5.75 Å². The van der Waals surface area contributed by atoms with Gasteiger partial charge in [-0.3, -0.25) is 4.79 Å². The molecule has 2 aromatic carbocycles. The number of hydrogen-bond acceptors (Lipinski definition) is 4. The van der Waals surface area contributed by atoms with Gasteiger partial charge in [0.05, 0.1) is 23.6 Å². The third-order valence-corrected chi connectivity index (χ3v) is 6.04. The fraction of sp³-hybridized carbons (Fsp3) is 0.350. The Morgan fingerprint density at radius 3 is 2.54 bits per heavy atom. The van der Waals surface area contributed by atoms with E-state index in [1.54, 1.807) is 0 Å². The number of carbonyl (C=O) groups is 1. The zero-order valence-corrected chi connectivity index (χ0v) is 16.2. The van der Waals surface area contributed by atoms with E-state index in [-0.39, 0.29) is 27.8 Å². The van der Waals surface area contributed by atoms with Crippen molar-refractivity contribution in [3.63, 3.8) is 0 Å². The Bertz CT molecular complexity index is 964. The van der Waals surface area contributed by atoms with Crippen molar-refractivity contribution in [1.29, 1.82) is 0 Å². The summed E-state index contributed by atoms with van der Waals surface area (Å²) in [5.74, 6) is 0.00490. The predicted octanol–water partition coefficient (Wildman–Crippen LogP) is 3.25. The summed E-state index contributed by atoms with van der Waals surface area (Å²) >= 11 is 0. The summed E-state index contributed by atoms with van der Waals surface area (Å²) in [7, 11) is -1.96. The number of amides is 1. The van der Waals surface area contributed by atoms with E-state index in [0.29, 0.717) is 5.75 Å². The number of fused-ring (bicyclic) bond motifs is 1. The van der Waals surface area contributed by atoms with E-state index in [9.17, 15) is 13.2 Å². The minimum atomic E-state index is -3.41. The molecule has 26 heavy (non-hydrogen) atoms. The number of benzene rings is 2. The van der Waals surface area contributed by atoms with Gasteiger partial charge in [-0.05, 0) is 41.2 Å². The molecule has 0 aliphatic heterocycles. The summed E-state index contributed by atoms with van der Waals surface area (Å²) in [6, 6.07) is 12.3. The van der Waals surface area contributed by atoms with Gasteiger partial charge in [0.1, 0.15) is 5.75 Å². The average Bonchev–Trinajstić information content (AvgIpc) is 2.84. The van der Waals surface area contributed by atoms with Crippen LogP contribution >= 0.6 is 0 Å². The molecule has 0 saturated carbocycles. The molecule has 0 fully saturated rings. The highest BCUT2D eigenvalue weighted by Gasteiger charge is 2.37. The van der Waals surface area contributed by atoms with Crippen molar-refractivity contribution in [2.75, 3.05) is 13.4 Å². The molecule has 2 aromatic rings. The van der Waals surface area contributed by atoms with Crippen molar-refractivity contribution in [1.82, 2.24) is 5.32 Å². The maximum atomic E-state index is 12.9. The first-order valence-corrected chi connectivity index (χ1v) is 10.3. The Morgan fingerprint density at radius 2 is 1.88 bits per heavy atom. The van der Waals surface area contributed by atoms with Gasteiger partial charge < -0.3 is 10.1 Å². The summed E-state index contributed by atoms with van der Waals surface area (Å²) in [6.45, 7) is 4.31. The van der Waals surface area contributed by atoms with E-state index in [1.165, 1.54) is 30.9 Å². The van der Waals surface area contributed by atoms with Gasteiger partial charge in [-0.2, -0.15) is 0 Å². The van der Waals surface area contributed by atoms with E-state index < -0.39 is 9.84 Å². The standard InChI is InChI=1S/C20H23NO4S/c1-20(2)12-17(14-7-5-6-8-16(14)20)21-19(22)15-11-13(26(4,23)24)9-10-18(15)25-3/h5-11,17H,12H2,1-4H3,(H,21,22). The molecule has 1 aliphatic rings. The number of carbonyl (C=O) groups excluding carboxylic acids is 1. The molecule has 1 amide bonds. The Balaban J connectivity index is 1.94. The number of rotatable bonds is 4. The van der Waals surface area contributed by atoms with Crippen LogP contribution in [0.3, 0.4) is 0 Å². The lowest BCUT2D eigenvalue weighted by atomic mass is 9.86. The SMILES string of the molecule is COc1ccc(S(C)(=O)=O)cc1C(=O)NC1CC(C)(C)c2ccccc21. The average molecular weight is 373 g/mol. The second kappa shape index (κ2) is 6.43. The monoisotopic (exact) mass is 373 g/mol. The second-order valence-electron chi connectivity index (χ2n) is 7.34. The lowest BCUT2D eigenvalue weighted by Crippen LogP contribution is -2.28. The van der Waals surface area contributed by atoms with Crippen LogP contribution in [0.1, 0.15) is 47.8 Å². The van der Waals surface area contributed by atoms with Gasteiger partial charge in [-0.25, -0.2) is 8.42 Å². The number of ether oxygens (including phenoxy) is 1. The first-order valence-electron chi connectivity index (χ1n) is 8.42. The number of nitrogens with one attached hydrogen (secondary N) is 1. The molecule has 1 aliphatic carbocycles. The van der Waals surface area contributed by atoms with Gasteiger partial charge in [0.25, 0.3) is 5.91 Å². The molecular weight excluding hydrogens is 350 g/mol. The Kier molecular flexibility index (Phi) is 4.56. The summed E-state index contributed by atoms with van der Waals surface area (Å²) < 4.78 is 28.9. The molecule has 1 unspecified atom stereocenters. The molecule has 0 heterocycles. The van der Waals surface area contributed by atoms with Crippen molar-refractivity contribution in [2.24, 2.45) is 0 Å².